The van der Waals surface area contributed by atoms with E-state index >= 15 is 4.39 Å². The number of hydrogen-bond acceptors (Lipinski definition) is 4. The number of halogens is 1. The van der Waals surface area contributed by atoms with Crippen molar-refractivity contribution in [1.82, 2.24) is 10.2 Å². The van der Waals surface area contributed by atoms with Crippen molar-refractivity contribution in [3.8, 4) is 0 Å². The van der Waals surface area contributed by atoms with Gasteiger partial charge in [0.1, 0.15) is 18.4 Å². The van der Waals surface area contributed by atoms with Gasteiger partial charge in [-0.3, -0.25) is 13.9 Å². The number of benzene rings is 4. The summed E-state index contributed by atoms with van der Waals surface area (Å²) in [6.45, 7) is 6.65. The molecule has 0 unspecified atom stereocenters. The van der Waals surface area contributed by atoms with E-state index in [1.54, 1.807) is 48.5 Å². The van der Waals surface area contributed by atoms with Crippen LogP contribution in [0.1, 0.15) is 44.4 Å². The molecule has 0 aromatic heterocycles. The van der Waals surface area contributed by atoms with Gasteiger partial charge in [0.15, 0.2) is 0 Å². The molecule has 4 aromatic carbocycles. The first-order valence-corrected chi connectivity index (χ1v) is 16.4. The third-order valence-corrected chi connectivity index (χ3v) is 9.10. The first-order valence-electron chi connectivity index (χ1n) is 14.9. The van der Waals surface area contributed by atoms with E-state index in [-0.39, 0.29) is 23.4 Å². The summed E-state index contributed by atoms with van der Waals surface area (Å²) < 4.78 is 44.2. The average Bonchev–Trinajstić information content (AvgIpc) is 3.02. The van der Waals surface area contributed by atoms with Gasteiger partial charge < -0.3 is 10.2 Å². The molecule has 0 aliphatic heterocycles. The fourth-order valence-corrected chi connectivity index (χ4v) is 6.40. The van der Waals surface area contributed by atoms with Crippen molar-refractivity contribution in [2.24, 2.45) is 0 Å². The second kappa shape index (κ2) is 14.5. The molecule has 9 heteroatoms. The van der Waals surface area contributed by atoms with Gasteiger partial charge in [-0.25, -0.2) is 12.8 Å². The number of aryl methyl sites for hydroxylation is 1. The van der Waals surface area contributed by atoms with Crippen LogP contribution in [0.3, 0.4) is 0 Å². The van der Waals surface area contributed by atoms with Crippen molar-refractivity contribution < 1.29 is 22.4 Å². The van der Waals surface area contributed by atoms with Crippen LogP contribution in [0.15, 0.2) is 114 Å². The van der Waals surface area contributed by atoms with Crippen molar-refractivity contribution in [3.63, 3.8) is 0 Å². The Bertz CT molecular complexity index is 1690. The van der Waals surface area contributed by atoms with Gasteiger partial charge in [0.05, 0.1) is 10.6 Å². The zero-order chi connectivity index (χ0) is 32.6. The first-order chi connectivity index (χ1) is 21.4. The number of sulfonamides is 1. The Kier molecular flexibility index (Phi) is 10.8. The molecule has 0 saturated carbocycles. The highest BCUT2D eigenvalue weighted by molar-refractivity contribution is 7.92. The van der Waals surface area contributed by atoms with Gasteiger partial charge in [-0.2, -0.15) is 0 Å². The lowest BCUT2D eigenvalue weighted by Gasteiger charge is -2.35. The number of amides is 2. The molecule has 0 aliphatic rings. The Morgan fingerprint density at radius 3 is 1.96 bits per heavy atom. The summed E-state index contributed by atoms with van der Waals surface area (Å²) in [6.07, 6.45) is 0.894. The Balaban J connectivity index is 1.82. The summed E-state index contributed by atoms with van der Waals surface area (Å²) in [4.78, 5) is 29.7. The molecule has 0 fully saturated rings. The van der Waals surface area contributed by atoms with Crippen molar-refractivity contribution in [3.05, 3.63) is 132 Å². The molecule has 0 saturated heterocycles. The van der Waals surface area contributed by atoms with Crippen LogP contribution in [0.25, 0.3) is 0 Å². The highest BCUT2D eigenvalue weighted by Crippen LogP contribution is 2.26. The molecule has 2 amide bonds. The molecule has 1 N–H and O–H groups in total. The zero-order valence-corrected chi connectivity index (χ0v) is 26.9. The molecule has 7 nitrogen and oxygen atoms in total. The third kappa shape index (κ3) is 8.79. The molecule has 0 heterocycles. The Hall–Kier alpha value is -4.50. The standard InChI is InChI=1S/C36H40FN3O4S/c1-5-27-20-22-30(23-21-27)40(45(43,44)31-17-10-7-11-18-31)26-34(41)39(25-29-16-12-13-19-32(29)37)33(35(42)38-36(2,3)4)24-28-14-8-6-9-15-28/h6-23,33H,5,24-26H2,1-4H3,(H,38,42)/t33-/m0/s1. The lowest BCUT2D eigenvalue weighted by atomic mass is 10.0. The second-order valence-electron chi connectivity index (χ2n) is 11.9. The molecule has 0 radical (unpaired) electrons. The van der Waals surface area contributed by atoms with Crippen molar-refractivity contribution in [2.75, 3.05) is 10.8 Å². The highest BCUT2D eigenvalue weighted by Gasteiger charge is 2.36. The number of carbonyl (C=O) groups excluding carboxylic acids is 2. The SMILES string of the molecule is CCc1ccc(N(CC(=O)N(Cc2ccccc2F)[C@@H](Cc2ccccc2)C(=O)NC(C)(C)C)S(=O)(=O)c2ccccc2)cc1. The fraction of sp³-hybridized carbons (Fsp3) is 0.278. The molecular weight excluding hydrogens is 589 g/mol. The first kappa shape index (κ1) is 33.4. The normalized spacial score (nSPS) is 12.3. The van der Waals surface area contributed by atoms with Crippen LogP contribution in [0, 0.1) is 5.82 Å². The van der Waals surface area contributed by atoms with Crippen LogP contribution in [0.5, 0.6) is 0 Å². The van der Waals surface area contributed by atoms with Crippen molar-refractivity contribution in [1.29, 1.82) is 0 Å². The Morgan fingerprint density at radius 2 is 1.38 bits per heavy atom. The summed E-state index contributed by atoms with van der Waals surface area (Å²) in [5.74, 6) is -1.61. The van der Waals surface area contributed by atoms with Crippen molar-refractivity contribution >= 4 is 27.5 Å². The van der Waals surface area contributed by atoms with E-state index in [1.165, 1.54) is 23.1 Å². The van der Waals surface area contributed by atoms with Crippen LogP contribution < -0.4 is 9.62 Å². The van der Waals surface area contributed by atoms with Gasteiger partial charge in [-0.1, -0.05) is 85.8 Å². The fourth-order valence-electron chi connectivity index (χ4n) is 4.96. The van der Waals surface area contributed by atoms with Gasteiger partial charge in [-0.05, 0) is 68.7 Å². The number of nitrogens with zero attached hydrogens (tertiary/aromatic N) is 2. The van der Waals surface area contributed by atoms with E-state index in [4.69, 9.17) is 0 Å². The molecule has 4 rings (SSSR count). The molecule has 236 valence electrons. The number of nitrogens with one attached hydrogen (secondary N) is 1. The quantitative estimate of drug-likeness (QED) is 0.204. The van der Waals surface area contributed by atoms with E-state index in [0.717, 1.165) is 21.9 Å². The lowest BCUT2D eigenvalue weighted by molar-refractivity contribution is -0.140. The second-order valence-corrected chi connectivity index (χ2v) is 13.8. The van der Waals surface area contributed by atoms with Crippen LogP contribution >= 0.6 is 0 Å². The van der Waals surface area contributed by atoms with Gasteiger partial charge in [0, 0.05) is 24.1 Å². The largest absolute Gasteiger partial charge is 0.350 e. The average molecular weight is 630 g/mol. The van der Waals surface area contributed by atoms with Gasteiger partial charge >= 0.3 is 0 Å². The Morgan fingerprint density at radius 1 is 0.800 bits per heavy atom. The van der Waals surface area contributed by atoms with E-state index in [2.05, 4.69) is 5.32 Å². The number of rotatable bonds is 12. The monoisotopic (exact) mass is 629 g/mol. The maximum absolute atomic E-state index is 15.0. The predicted molar refractivity (Wildman–Crippen MR) is 176 cm³/mol. The van der Waals surface area contributed by atoms with Gasteiger partial charge in [0.25, 0.3) is 10.0 Å². The molecule has 0 spiro atoms. The van der Waals surface area contributed by atoms with Crippen LogP contribution in [-0.4, -0.2) is 43.3 Å². The summed E-state index contributed by atoms with van der Waals surface area (Å²) >= 11 is 0. The molecule has 0 bridgehead atoms. The smallest absolute Gasteiger partial charge is 0.264 e. The van der Waals surface area contributed by atoms with E-state index < -0.39 is 45.8 Å². The summed E-state index contributed by atoms with van der Waals surface area (Å²) in [6, 6.07) is 29.1. The maximum atomic E-state index is 15.0. The minimum atomic E-state index is -4.21. The highest BCUT2D eigenvalue weighted by atomic mass is 32.2. The molecule has 45 heavy (non-hydrogen) atoms. The summed E-state index contributed by atoms with van der Waals surface area (Å²) in [7, 11) is -4.21. The lowest BCUT2D eigenvalue weighted by Crippen LogP contribution is -2.56. The molecule has 0 aliphatic carbocycles. The summed E-state index contributed by atoms with van der Waals surface area (Å²) in [5, 5.41) is 2.97. The predicted octanol–water partition coefficient (Wildman–Crippen LogP) is 6.14. The topological polar surface area (TPSA) is 86.8 Å². The maximum Gasteiger partial charge on any atom is 0.264 e. The summed E-state index contributed by atoms with van der Waals surface area (Å²) in [5.41, 5.74) is 1.68. The van der Waals surface area contributed by atoms with E-state index in [9.17, 15) is 18.0 Å². The molecular formula is C36H40FN3O4S. The number of carbonyl (C=O) groups is 2. The van der Waals surface area contributed by atoms with Gasteiger partial charge in [-0.15, -0.1) is 0 Å². The molecule has 4 aromatic rings. The number of hydrogen-bond donors (Lipinski definition) is 1. The van der Waals surface area contributed by atoms with E-state index in [0.29, 0.717) is 5.69 Å². The minimum Gasteiger partial charge on any atom is -0.350 e. The minimum absolute atomic E-state index is 0.0179. The molecule has 1 atom stereocenters. The van der Waals surface area contributed by atoms with Gasteiger partial charge in [0.2, 0.25) is 11.8 Å². The van der Waals surface area contributed by atoms with Crippen LogP contribution in [0.4, 0.5) is 10.1 Å². The zero-order valence-electron chi connectivity index (χ0n) is 26.1. The van der Waals surface area contributed by atoms with Crippen LogP contribution in [-0.2, 0) is 39.0 Å². The number of anilines is 1. The van der Waals surface area contributed by atoms with E-state index in [1.807, 2.05) is 70.2 Å². The van der Waals surface area contributed by atoms with Crippen LogP contribution in [0.2, 0.25) is 0 Å². The van der Waals surface area contributed by atoms with Crippen molar-refractivity contribution in [2.45, 2.75) is 63.6 Å². The third-order valence-electron chi connectivity index (χ3n) is 7.31. The Labute approximate surface area is 265 Å².